The number of carbonyl (C=O) groups excluding carboxylic acids is 2. The highest BCUT2D eigenvalue weighted by molar-refractivity contribution is 7.15. The molecule has 0 saturated carbocycles. The predicted octanol–water partition coefficient (Wildman–Crippen LogP) is 3.96. The molecule has 0 radical (unpaired) electrons. The topological polar surface area (TPSA) is 123 Å². The molecule has 4 rings (SSSR count). The molecule has 0 atom stereocenters. The Bertz CT molecular complexity index is 1290. The second kappa shape index (κ2) is 12.6. The first-order valence-electron chi connectivity index (χ1n) is 11.7. The van der Waals surface area contributed by atoms with Crippen LogP contribution in [0.2, 0.25) is 0 Å². The number of unbranched alkanes of at least 4 members (excludes halogenated alkanes) is 1. The van der Waals surface area contributed by atoms with E-state index in [0.717, 1.165) is 53.1 Å². The van der Waals surface area contributed by atoms with Crippen LogP contribution in [0.3, 0.4) is 0 Å². The lowest BCUT2D eigenvalue weighted by Gasteiger charge is -2.05. The van der Waals surface area contributed by atoms with E-state index in [1.807, 2.05) is 49.4 Å². The second-order valence-electron chi connectivity index (χ2n) is 8.41. The summed E-state index contributed by atoms with van der Waals surface area (Å²) in [4.78, 5) is 28.4. The highest BCUT2D eigenvalue weighted by Crippen LogP contribution is 2.18. The van der Waals surface area contributed by atoms with Crippen molar-refractivity contribution in [3.8, 4) is 0 Å². The van der Waals surface area contributed by atoms with Crippen LogP contribution in [-0.4, -0.2) is 37.2 Å². The summed E-state index contributed by atoms with van der Waals surface area (Å²) < 4.78 is 0. The van der Waals surface area contributed by atoms with Crippen LogP contribution in [0.5, 0.6) is 0 Å². The molecule has 0 fully saturated rings. The number of aromatic nitrogens is 5. The van der Waals surface area contributed by atoms with Gasteiger partial charge in [-0.1, -0.05) is 41.2 Å². The summed E-state index contributed by atoms with van der Waals surface area (Å²) >= 11 is 1.39. The van der Waals surface area contributed by atoms with Gasteiger partial charge < -0.3 is 10.6 Å². The molecule has 3 aromatic heterocycles. The molecular formula is C26H27N7O2S. The molecule has 36 heavy (non-hydrogen) atoms. The van der Waals surface area contributed by atoms with Gasteiger partial charge in [-0.05, 0) is 61.6 Å². The fourth-order valence-corrected chi connectivity index (χ4v) is 4.39. The van der Waals surface area contributed by atoms with Crippen molar-refractivity contribution in [1.29, 1.82) is 0 Å². The molecule has 1 aromatic carbocycles. The maximum atomic E-state index is 12.3. The van der Waals surface area contributed by atoms with E-state index in [9.17, 15) is 9.59 Å². The van der Waals surface area contributed by atoms with Gasteiger partial charge >= 0.3 is 0 Å². The van der Waals surface area contributed by atoms with Crippen LogP contribution < -0.4 is 10.6 Å². The number of rotatable bonds is 11. The lowest BCUT2D eigenvalue weighted by Crippen LogP contribution is -2.16. The normalized spacial score (nSPS) is 10.7. The molecule has 9 nitrogen and oxygen atoms in total. The molecule has 0 unspecified atom stereocenters. The summed E-state index contributed by atoms with van der Waals surface area (Å²) in [5.41, 5.74) is 3.85. The van der Waals surface area contributed by atoms with Gasteiger partial charge in [-0.3, -0.25) is 14.6 Å². The van der Waals surface area contributed by atoms with Crippen molar-refractivity contribution < 1.29 is 9.59 Å². The van der Waals surface area contributed by atoms with Crippen LogP contribution in [0, 0.1) is 6.92 Å². The number of anilines is 2. The van der Waals surface area contributed by atoms with Crippen molar-refractivity contribution in [1.82, 2.24) is 25.4 Å². The van der Waals surface area contributed by atoms with E-state index in [1.54, 1.807) is 18.5 Å². The van der Waals surface area contributed by atoms with Crippen molar-refractivity contribution in [3.63, 3.8) is 0 Å². The minimum absolute atomic E-state index is 0.118. The number of amides is 2. The number of nitrogens with one attached hydrogen (secondary N) is 2. The number of hydrogen-bond donors (Lipinski definition) is 2. The highest BCUT2D eigenvalue weighted by Gasteiger charge is 2.10. The zero-order valence-corrected chi connectivity index (χ0v) is 20.8. The van der Waals surface area contributed by atoms with E-state index < -0.39 is 0 Å². The van der Waals surface area contributed by atoms with Crippen molar-refractivity contribution in [2.75, 3.05) is 10.6 Å². The quantitative estimate of drug-likeness (QED) is 0.298. The first kappa shape index (κ1) is 25.1. The predicted molar refractivity (Wildman–Crippen MR) is 139 cm³/mol. The number of carbonyl (C=O) groups is 2. The summed E-state index contributed by atoms with van der Waals surface area (Å²) in [6, 6.07) is 15.2. The van der Waals surface area contributed by atoms with Gasteiger partial charge in [-0.2, -0.15) is 5.10 Å². The molecule has 0 aliphatic rings. The lowest BCUT2D eigenvalue weighted by atomic mass is 10.1. The van der Waals surface area contributed by atoms with Crippen LogP contribution in [0.15, 0.2) is 60.9 Å². The zero-order valence-electron chi connectivity index (χ0n) is 20.0. The SMILES string of the molecule is Cc1cccc(CC(=O)Nc2ccc(CCCCc3nnc(NC(=O)Cc4ccncc4)s3)nn2)c1. The average molecular weight is 502 g/mol. The fraction of sp³-hybridized carbons (Fsp3) is 0.269. The molecule has 2 amide bonds. The van der Waals surface area contributed by atoms with E-state index in [4.69, 9.17) is 0 Å². The molecule has 0 aliphatic carbocycles. The first-order chi connectivity index (χ1) is 17.5. The monoisotopic (exact) mass is 501 g/mol. The van der Waals surface area contributed by atoms with Crippen molar-refractivity contribution in [2.45, 2.75) is 45.4 Å². The van der Waals surface area contributed by atoms with Gasteiger partial charge in [0.15, 0.2) is 5.82 Å². The Morgan fingerprint density at radius 2 is 1.58 bits per heavy atom. The summed E-state index contributed by atoms with van der Waals surface area (Å²) in [5.74, 6) is 0.202. The summed E-state index contributed by atoms with van der Waals surface area (Å²) in [5, 5.41) is 23.6. The molecule has 0 aliphatic heterocycles. The van der Waals surface area contributed by atoms with Crippen LogP contribution in [0.25, 0.3) is 0 Å². The average Bonchev–Trinajstić information content (AvgIpc) is 3.30. The van der Waals surface area contributed by atoms with E-state index in [0.29, 0.717) is 17.4 Å². The van der Waals surface area contributed by atoms with Crippen LogP contribution >= 0.6 is 11.3 Å². The van der Waals surface area contributed by atoms with E-state index in [1.165, 1.54) is 11.3 Å². The summed E-state index contributed by atoms with van der Waals surface area (Å²) in [6.07, 6.45) is 7.28. The Morgan fingerprint density at radius 1 is 0.806 bits per heavy atom. The van der Waals surface area contributed by atoms with Crippen LogP contribution in [0.1, 0.15) is 40.2 Å². The third-order valence-electron chi connectivity index (χ3n) is 5.34. The van der Waals surface area contributed by atoms with E-state index in [-0.39, 0.29) is 18.2 Å². The molecule has 4 aromatic rings. The molecular weight excluding hydrogens is 474 g/mol. The summed E-state index contributed by atoms with van der Waals surface area (Å²) in [7, 11) is 0. The number of pyridine rings is 1. The highest BCUT2D eigenvalue weighted by atomic mass is 32.1. The Morgan fingerprint density at radius 3 is 2.36 bits per heavy atom. The number of aryl methyl sites for hydroxylation is 3. The lowest BCUT2D eigenvalue weighted by molar-refractivity contribution is -0.116. The molecule has 10 heteroatoms. The van der Waals surface area contributed by atoms with Gasteiger partial charge in [0.1, 0.15) is 5.01 Å². The van der Waals surface area contributed by atoms with Gasteiger partial charge in [0.2, 0.25) is 16.9 Å². The minimum atomic E-state index is -0.128. The number of hydrogen-bond acceptors (Lipinski definition) is 8. The first-order valence-corrected chi connectivity index (χ1v) is 12.5. The van der Waals surface area contributed by atoms with Gasteiger partial charge in [0, 0.05) is 18.8 Å². The Labute approximate surface area is 213 Å². The van der Waals surface area contributed by atoms with Crippen LogP contribution in [0.4, 0.5) is 10.9 Å². The number of nitrogens with zero attached hydrogens (tertiary/aromatic N) is 5. The molecule has 2 N–H and O–H groups in total. The fourth-order valence-electron chi connectivity index (χ4n) is 3.59. The van der Waals surface area contributed by atoms with Crippen molar-refractivity contribution in [2.24, 2.45) is 0 Å². The van der Waals surface area contributed by atoms with Crippen LogP contribution in [-0.2, 0) is 35.3 Å². The van der Waals surface area contributed by atoms with Gasteiger partial charge in [0.25, 0.3) is 0 Å². The Balaban J connectivity index is 1.15. The van der Waals surface area contributed by atoms with Crippen molar-refractivity contribution >= 4 is 34.1 Å². The molecule has 3 heterocycles. The van der Waals surface area contributed by atoms with Crippen molar-refractivity contribution in [3.05, 3.63) is 88.3 Å². The molecule has 0 spiro atoms. The Hall–Kier alpha value is -4.05. The van der Waals surface area contributed by atoms with Gasteiger partial charge in [0.05, 0.1) is 18.5 Å². The minimum Gasteiger partial charge on any atom is -0.309 e. The standard InChI is InChI=1S/C26H27N7O2S/c1-18-5-4-6-20(15-18)17-23(34)28-22-10-9-21(30-31-22)7-2-3-8-25-32-33-26(36-25)29-24(35)16-19-11-13-27-14-12-19/h4-6,9-15H,2-3,7-8,16-17H2,1H3,(H,28,31,34)(H,29,33,35). The van der Waals surface area contributed by atoms with Gasteiger partial charge in [-0.15, -0.1) is 15.3 Å². The second-order valence-corrected chi connectivity index (χ2v) is 9.47. The third kappa shape index (κ3) is 8.02. The third-order valence-corrected chi connectivity index (χ3v) is 6.23. The molecule has 0 saturated heterocycles. The summed E-state index contributed by atoms with van der Waals surface area (Å²) in [6.45, 7) is 2.00. The maximum absolute atomic E-state index is 12.3. The maximum Gasteiger partial charge on any atom is 0.230 e. The number of benzene rings is 1. The van der Waals surface area contributed by atoms with Gasteiger partial charge in [-0.25, -0.2) is 0 Å². The van der Waals surface area contributed by atoms with E-state index >= 15 is 0 Å². The molecule has 0 bridgehead atoms. The Kier molecular flexibility index (Phi) is 8.77. The largest absolute Gasteiger partial charge is 0.309 e. The smallest absolute Gasteiger partial charge is 0.230 e. The zero-order chi connectivity index (χ0) is 25.2. The molecule has 184 valence electrons. The van der Waals surface area contributed by atoms with E-state index in [2.05, 4.69) is 36.0 Å².